The van der Waals surface area contributed by atoms with Crippen LogP contribution in [-0.2, 0) is 108 Å². The van der Waals surface area contributed by atoms with Crippen LogP contribution in [0.15, 0.2) is 0 Å². The van der Waals surface area contributed by atoms with E-state index in [0.717, 1.165) is 0 Å². The summed E-state index contributed by atoms with van der Waals surface area (Å²) in [5, 5.41) is 18.5. The molecule has 0 aliphatic carbocycles. The van der Waals surface area contributed by atoms with E-state index in [2.05, 4.69) is 46.6 Å². The Balaban J connectivity index is -0.000000613. The van der Waals surface area contributed by atoms with Gasteiger partial charge in [0.1, 0.15) is 51.8 Å². The molecule has 0 saturated heterocycles. The van der Waals surface area contributed by atoms with Crippen LogP contribution in [0.4, 0.5) is 19.2 Å². The van der Waals surface area contributed by atoms with Gasteiger partial charge >= 0.3 is 24.6 Å². The van der Waals surface area contributed by atoms with Gasteiger partial charge in [-0.25, -0.2) is 19.2 Å². The van der Waals surface area contributed by atoms with E-state index in [1.54, 1.807) is 27.7 Å². The summed E-state index contributed by atoms with van der Waals surface area (Å²) in [7, 11) is 0. The molecule has 0 aromatic heterocycles. The van der Waals surface area contributed by atoms with Crippen LogP contribution in [0.2, 0.25) is 0 Å². The molecule has 262 valence electrons. The van der Waals surface area contributed by atoms with E-state index >= 15 is 0 Å². The van der Waals surface area contributed by atoms with Gasteiger partial charge in [0.15, 0.2) is 0 Å². The van der Waals surface area contributed by atoms with E-state index in [9.17, 15) is 29.4 Å². The van der Waals surface area contributed by atoms with Crippen molar-refractivity contribution in [3.63, 3.8) is 0 Å². The molecular weight excluding hydrogens is 754 g/mol. The molecule has 0 bridgehead atoms. The molecule has 4 unspecified atom stereocenters. The molecular formula is C28H54O15Y2. The molecule has 4 atom stereocenters. The van der Waals surface area contributed by atoms with Gasteiger partial charge in [-0.05, 0) is 26.7 Å². The predicted molar refractivity (Wildman–Crippen MR) is 154 cm³/mol. The third-order valence-corrected chi connectivity index (χ3v) is 4.08. The molecule has 45 heavy (non-hydrogen) atoms. The first-order chi connectivity index (χ1) is 20.4. The number of ether oxygens (including phenoxy) is 9. The number of carbonyl (C=O) groups excluding carboxylic acids is 4. The summed E-state index contributed by atoms with van der Waals surface area (Å²) < 4.78 is 43.3. The minimum atomic E-state index is -1.00. The van der Waals surface area contributed by atoms with E-state index < -0.39 is 49.0 Å². The second-order valence-corrected chi connectivity index (χ2v) is 8.95. The molecule has 0 aliphatic heterocycles. The molecule has 0 heterocycles. The number of hydrogen-bond donors (Lipinski definition) is 2. The molecule has 0 aromatic rings. The van der Waals surface area contributed by atoms with Gasteiger partial charge in [-0.1, -0.05) is 54.4 Å². The summed E-state index contributed by atoms with van der Waals surface area (Å²) >= 11 is 0. The zero-order chi connectivity index (χ0) is 33.5. The van der Waals surface area contributed by atoms with E-state index in [-0.39, 0.29) is 118 Å². The van der Waals surface area contributed by atoms with Crippen molar-refractivity contribution in [1.29, 1.82) is 0 Å². The van der Waals surface area contributed by atoms with E-state index in [4.69, 9.17) is 23.7 Å². The van der Waals surface area contributed by atoms with Gasteiger partial charge in [-0.3, -0.25) is 0 Å². The Hall–Kier alpha value is -0.832. The molecule has 0 fully saturated rings. The van der Waals surface area contributed by atoms with Crippen molar-refractivity contribution in [3.05, 3.63) is 0 Å². The SMILES string of the molecule is CCC.CCC.CCC(O)COC(=O)OCCOC(=O)OC(C)COCC(C)OC(=O)OCCOC(=O)OCC(O)CC.[Y].[Y]. The summed E-state index contributed by atoms with van der Waals surface area (Å²) in [6.07, 6.45) is -3.59. The quantitative estimate of drug-likeness (QED) is 0.109. The molecule has 2 N–H and O–H groups in total. The number of aliphatic hydroxyl groups is 2. The van der Waals surface area contributed by atoms with Crippen molar-refractivity contribution < 1.29 is 137 Å². The Kier molecular flexibility index (Phi) is 46.9. The van der Waals surface area contributed by atoms with Crippen molar-refractivity contribution in [2.45, 2.75) is 105 Å². The second-order valence-electron chi connectivity index (χ2n) is 8.95. The molecule has 15 nitrogen and oxygen atoms in total. The Bertz CT molecular complexity index is 645. The average Bonchev–Trinajstić information content (AvgIpc) is 2.95. The number of rotatable bonds is 18. The summed E-state index contributed by atoms with van der Waals surface area (Å²) in [4.78, 5) is 45.7. The first-order valence-corrected chi connectivity index (χ1v) is 14.6. The zero-order valence-electron chi connectivity index (χ0n) is 28.2. The van der Waals surface area contributed by atoms with Gasteiger partial charge in [0.25, 0.3) is 0 Å². The first-order valence-electron chi connectivity index (χ1n) is 14.6. The summed E-state index contributed by atoms with van der Waals surface area (Å²) in [5.74, 6) is 0. The minimum Gasteiger partial charge on any atom is -0.432 e. The van der Waals surface area contributed by atoms with Gasteiger partial charge in [0.05, 0.1) is 25.4 Å². The van der Waals surface area contributed by atoms with Crippen LogP contribution in [0.5, 0.6) is 0 Å². The number of hydrogen-bond acceptors (Lipinski definition) is 15. The molecule has 0 aromatic carbocycles. The van der Waals surface area contributed by atoms with Crippen molar-refractivity contribution in [2.24, 2.45) is 0 Å². The van der Waals surface area contributed by atoms with Crippen molar-refractivity contribution in [3.8, 4) is 0 Å². The molecule has 2 radical (unpaired) electrons. The molecule has 0 spiro atoms. The second kappa shape index (κ2) is 39.3. The Labute approximate surface area is 318 Å². The molecule has 0 saturated carbocycles. The van der Waals surface area contributed by atoms with Crippen LogP contribution in [0.1, 0.15) is 81.1 Å². The summed E-state index contributed by atoms with van der Waals surface area (Å²) in [6, 6.07) is 0. The summed E-state index contributed by atoms with van der Waals surface area (Å²) in [5.41, 5.74) is 0. The smallest absolute Gasteiger partial charge is 0.432 e. The van der Waals surface area contributed by atoms with Crippen LogP contribution >= 0.6 is 0 Å². The van der Waals surface area contributed by atoms with Crippen LogP contribution in [0, 0.1) is 0 Å². The monoisotopic (exact) mass is 808 g/mol. The van der Waals surface area contributed by atoms with Crippen LogP contribution in [0.25, 0.3) is 0 Å². The van der Waals surface area contributed by atoms with Crippen molar-refractivity contribution in [1.82, 2.24) is 0 Å². The fourth-order valence-electron chi connectivity index (χ4n) is 2.01. The molecule has 0 aliphatic rings. The third-order valence-electron chi connectivity index (χ3n) is 4.08. The normalized spacial score (nSPS) is 12.1. The topological polar surface area (TPSA) is 192 Å². The Morgan fingerprint density at radius 1 is 0.489 bits per heavy atom. The van der Waals surface area contributed by atoms with Gasteiger partial charge < -0.3 is 52.8 Å². The maximum absolute atomic E-state index is 11.6. The van der Waals surface area contributed by atoms with E-state index in [1.807, 2.05) is 0 Å². The van der Waals surface area contributed by atoms with Gasteiger partial charge in [0.2, 0.25) is 0 Å². The van der Waals surface area contributed by atoms with Gasteiger partial charge in [-0.2, -0.15) is 0 Å². The largest absolute Gasteiger partial charge is 0.508 e. The van der Waals surface area contributed by atoms with Crippen LogP contribution < -0.4 is 0 Å². The fraction of sp³-hybridized carbons (Fsp3) is 0.857. The Morgan fingerprint density at radius 2 is 0.756 bits per heavy atom. The number of carbonyl (C=O) groups is 4. The standard InChI is InChI=1S/C22H38O15.2C3H8.2Y/c1-5-17(23)13-34-19(25)30-7-9-32-21(27)36-15(3)11-29-12-16(4)37-22(28)33-10-8-31-20(26)35-14-18(24)6-2;2*1-3-2;;/h15-18,23-24H,5-14H2,1-4H3;2*3H2,1-2H3;;. The third kappa shape index (κ3) is 43.2. The van der Waals surface area contributed by atoms with E-state index in [1.165, 1.54) is 12.8 Å². The average molecular weight is 809 g/mol. The van der Waals surface area contributed by atoms with Crippen LogP contribution in [-0.4, -0.2) is 112 Å². The fourth-order valence-corrected chi connectivity index (χ4v) is 2.01. The Morgan fingerprint density at radius 3 is 1.02 bits per heavy atom. The maximum Gasteiger partial charge on any atom is 0.508 e. The van der Waals surface area contributed by atoms with E-state index in [0.29, 0.717) is 12.8 Å². The number of aliphatic hydroxyl groups excluding tert-OH is 2. The zero-order valence-corrected chi connectivity index (χ0v) is 33.8. The summed E-state index contributed by atoms with van der Waals surface area (Å²) in [6.45, 7) is 13.6. The predicted octanol–water partition coefficient (Wildman–Crippen LogP) is 4.76. The van der Waals surface area contributed by atoms with Gasteiger partial charge in [-0.15, -0.1) is 0 Å². The maximum atomic E-state index is 11.6. The minimum absolute atomic E-state index is 0. The molecule has 0 rings (SSSR count). The van der Waals surface area contributed by atoms with Crippen molar-refractivity contribution >= 4 is 24.6 Å². The first kappa shape index (κ1) is 53.6. The van der Waals surface area contributed by atoms with Crippen LogP contribution in [0.3, 0.4) is 0 Å². The molecule has 0 amide bonds. The molecule has 17 heteroatoms. The van der Waals surface area contributed by atoms with Crippen molar-refractivity contribution in [2.75, 3.05) is 52.9 Å². The van der Waals surface area contributed by atoms with Gasteiger partial charge in [0, 0.05) is 65.4 Å².